The molecule has 0 spiro atoms. The van der Waals surface area contributed by atoms with Gasteiger partial charge < -0.3 is 10.2 Å². The number of aryl methyl sites for hydroxylation is 1. The average Bonchev–Trinajstić information content (AvgIpc) is 3.43. The molecule has 0 radical (unpaired) electrons. The summed E-state index contributed by atoms with van der Waals surface area (Å²) in [7, 11) is 0. The molecule has 5 nitrogen and oxygen atoms in total. The van der Waals surface area contributed by atoms with E-state index in [-0.39, 0.29) is 17.7 Å². The molecule has 1 saturated heterocycles. The number of piperidine rings is 1. The van der Waals surface area contributed by atoms with E-state index in [1.54, 1.807) is 0 Å². The van der Waals surface area contributed by atoms with Crippen LogP contribution in [0.1, 0.15) is 46.2 Å². The number of carbonyl (C=O) groups excluding carboxylic acids is 2. The van der Waals surface area contributed by atoms with Crippen LogP contribution in [0.2, 0.25) is 5.02 Å². The molecule has 2 heterocycles. The molecule has 1 aliphatic rings. The first-order valence-electron chi connectivity index (χ1n) is 12.5. The van der Waals surface area contributed by atoms with Crippen LogP contribution >= 0.6 is 22.9 Å². The zero-order chi connectivity index (χ0) is 25.6. The molecule has 1 aliphatic heterocycles. The number of nitrogens with one attached hydrogen (secondary N) is 1. The van der Waals surface area contributed by atoms with Crippen molar-refractivity contribution in [3.63, 3.8) is 0 Å². The van der Waals surface area contributed by atoms with Gasteiger partial charge in [0.05, 0.1) is 5.01 Å². The lowest BCUT2D eigenvalue weighted by Gasteiger charge is -2.31. The Bertz CT molecular complexity index is 1380. The fourth-order valence-corrected chi connectivity index (χ4v) is 5.89. The Morgan fingerprint density at radius 2 is 1.73 bits per heavy atom. The summed E-state index contributed by atoms with van der Waals surface area (Å²) in [6.45, 7) is 1.43. The molecule has 0 bridgehead atoms. The number of aromatic nitrogens is 1. The summed E-state index contributed by atoms with van der Waals surface area (Å²) in [6.07, 6.45) is 2.89. The van der Waals surface area contributed by atoms with Crippen molar-refractivity contribution in [1.82, 2.24) is 9.88 Å². The predicted octanol–water partition coefficient (Wildman–Crippen LogP) is 7.05. The number of benzene rings is 3. The van der Waals surface area contributed by atoms with E-state index in [1.807, 2.05) is 89.1 Å². The van der Waals surface area contributed by atoms with Gasteiger partial charge >= 0.3 is 0 Å². The van der Waals surface area contributed by atoms with Crippen LogP contribution in [0.5, 0.6) is 0 Å². The summed E-state index contributed by atoms with van der Waals surface area (Å²) < 4.78 is 0. The first-order valence-corrected chi connectivity index (χ1v) is 13.8. The van der Waals surface area contributed by atoms with Gasteiger partial charge in [-0.1, -0.05) is 72.3 Å². The van der Waals surface area contributed by atoms with Crippen LogP contribution in [0.25, 0.3) is 11.1 Å². The van der Waals surface area contributed by atoms with E-state index in [9.17, 15) is 9.59 Å². The fraction of sp³-hybridized carbons (Fsp3) is 0.233. The molecular weight excluding hydrogens is 502 g/mol. The Hall–Kier alpha value is -3.48. The fourth-order valence-electron chi connectivity index (χ4n) is 4.71. The lowest BCUT2D eigenvalue weighted by atomic mass is 9.97. The van der Waals surface area contributed by atoms with E-state index < -0.39 is 0 Å². The standard InChI is InChI=1S/C30H28ClN3O2S/c31-24-10-6-7-21(19-24)13-14-28(35)34-17-15-23(16-18-34)30-33-27(20-37-30)29(36)32-26-12-5-4-11-25(26)22-8-2-1-3-9-22/h1-12,19-20,23H,13-18H2,(H,32,36). The maximum absolute atomic E-state index is 13.0. The summed E-state index contributed by atoms with van der Waals surface area (Å²) in [4.78, 5) is 32.4. The normalized spacial score (nSPS) is 13.9. The van der Waals surface area contributed by atoms with Gasteiger partial charge in [-0.2, -0.15) is 0 Å². The van der Waals surface area contributed by atoms with E-state index in [4.69, 9.17) is 11.6 Å². The largest absolute Gasteiger partial charge is 0.343 e. The second kappa shape index (κ2) is 11.7. The topological polar surface area (TPSA) is 62.3 Å². The predicted molar refractivity (Wildman–Crippen MR) is 150 cm³/mol. The second-order valence-corrected chi connectivity index (χ2v) is 10.5. The molecule has 0 unspecified atom stereocenters. The monoisotopic (exact) mass is 529 g/mol. The Labute approximate surface area is 226 Å². The van der Waals surface area contributed by atoms with Gasteiger partial charge in [-0.15, -0.1) is 11.3 Å². The summed E-state index contributed by atoms with van der Waals surface area (Å²) in [6, 6.07) is 25.5. The van der Waals surface area contributed by atoms with Crippen molar-refractivity contribution >= 4 is 40.4 Å². The second-order valence-electron chi connectivity index (χ2n) is 9.22. The summed E-state index contributed by atoms with van der Waals surface area (Å²) >= 11 is 7.58. The minimum atomic E-state index is -0.209. The Morgan fingerprint density at radius 1 is 0.973 bits per heavy atom. The Kier molecular flexibility index (Phi) is 7.97. The van der Waals surface area contributed by atoms with Crippen molar-refractivity contribution in [2.75, 3.05) is 18.4 Å². The van der Waals surface area contributed by atoms with Crippen molar-refractivity contribution in [2.45, 2.75) is 31.6 Å². The molecular formula is C30H28ClN3O2S. The van der Waals surface area contributed by atoms with Crippen molar-refractivity contribution in [1.29, 1.82) is 0 Å². The molecule has 0 saturated carbocycles. The quantitative estimate of drug-likeness (QED) is 0.279. The van der Waals surface area contributed by atoms with Crippen LogP contribution in [0, 0.1) is 0 Å². The van der Waals surface area contributed by atoms with Gasteiger partial charge in [0.2, 0.25) is 5.91 Å². The minimum Gasteiger partial charge on any atom is -0.343 e. The molecule has 1 N–H and O–H groups in total. The summed E-state index contributed by atoms with van der Waals surface area (Å²) in [5, 5.41) is 6.53. The van der Waals surface area contributed by atoms with Crippen LogP contribution in [0.15, 0.2) is 84.2 Å². The molecule has 2 amide bonds. The number of likely N-dealkylation sites (tertiary alicyclic amines) is 1. The molecule has 3 aromatic carbocycles. The van der Waals surface area contributed by atoms with Gasteiger partial charge in [0, 0.05) is 47.1 Å². The summed E-state index contributed by atoms with van der Waals surface area (Å²) in [5.74, 6) is 0.231. The number of amides is 2. The number of carbonyl (C=O) groups is 2. The number of anilines is 1. The summed E-state index contributed by atoms with van der Waals surface area (Å²) in [5.41, 5.74) is 4.29. The molecule has 4 aromatic rings. The third-order valence-electron chi connectivity index (χ3n) is 6.73. The SMILES string of the molecule is O=C(Nc1ccccc1-c1ccccc1)c1csc(C2CCN(C(=O)CCc3cccc(Cl)c3)CC2)n1. The van der Waals surface area contributed by atoms with Crippen LogP contribution in [-0.4, -0.2) is 34.8 Å². The van der Waals surface area contributed by atoms with Crippen LogP contribution in [0.3, 0.4) is 0 Å². The van der Waals surface area contributed by atoms with Gasteiger partial charge in [-0.05, 0) is 48.6 Å². The van der Waals surface area contributed by atoms with E-state index in [2.05, 4.69) is 10.3 Å². The van der Waals surface area contributed by atoms with Gasteiger partial charge in [0.1, 0.15) is 5.69 Å². The number of rotatable bonds is 7. The Morgan fingerprint density at radius 3 is 2.51 bits per heavy atom. The van der Waals surface area contributed by atoms with E-state index >= 15 is 0 Å². The number of para-hydroxylation sites is 1. The van der Waals surface area contributed by atoms with E-state index in [1.165, 1.54) is 11.3 Å². The number of thiazole rings is 1. The van der Waals surface area contributed by atoms with E-state index in [0.29, 0.717) is 36.6 Å². The lowest BCUT2D eigenvalue weighted by molar-refractivity contribution is -0.132. The highest BCUT2D eigenvalue weighted by molar-refractivity contribution is 7.10. The molecule has 7 heteroatoms. The van der Waals surface area contributed by atoms with Gasteiger partial charge in [0.15, 0.2) is 0 Å². The third-order valence-corrected chi connectivity index (χ3v) is 7.97. The number of hydrogen-bond donors (Lipinski definition) is 1. The first-order chi connectivity index (χ1) is 18.1. The molecule has 0 aliphatic carbocycles. The van der Waals surface area contributed by atoms with Crippen molar-refractivity contribution < 1.29 is 9.59 Å². The highest BCUT2D eigenvalue weighted by atomic mass is 35.5. The number of hydrogen-bond acceptors (Lipinski definition) is 4. The van der Waals surface area contributed by atoms with Gasteiger partial charge in [-0.3, -0.25) is 9.59 Å². The zero-order valence-corrected chi connectivity index (χ0v) is 22.0. The first kappa shape index (κ1) is 25.2. The van der Waals surface area contributed by atoms with Crippen LogP contribution < -0.4 is 5.32 Å². The van der Waals surface area contributed by atoms with Gasteiger partial charge in [-0.25, -0.2) is 4.98 Å². The minimum absolute atomic E-state index is 0.176. The van der Waals surface area contributed by atoms with E-state index in [0.717, 1.165) is 40.2 Å². The maximum Gasteiger partial charge on any atom is 0.275 e. The smallest absolute Gasteiger partial charge is 0.275 e. The molecule has 188 valence electrons. The molecule has 5 rings (SSSR count). The van der Waals surface area contributed by atoms with Crippen LogP contribution in [-0.2, 0) is 11.2 Å². The Balaban J connectivity index is 1.16. The number of nitrogens with zero attached hydrogens (tertiary/aromatic N) is 2. The highest BCUT2D eigenvalue weighted by Crippen LogP contribution is 2.32. The molecule has 37 heavy (non-hydrogen) atoms. The number of halogens is 1. The highest BCUT2D eigenvalue weighted by Gasteiger charge is 2.26. The maximum atomic E-state index is 13.0. The third kappa shape index (κ3) is 6.27. The molecule has 0 atom stereocenters. The average molecular weight is 530 g/mol. The van der Waals surface area contributed by atoms with Crippen LogP contribution in [0.4, 0.5) is 5.69 Å². The lowest BCUT2D eigenvalue weighted by Crippen LogP contribution is -2.38. The van der Waals surface area contributed by atoms with Gasteiger partial charge in [0.25, 0.3) is 5.91 Å². The molecule has 1 aromatic heterocycles. The van der Waals surface area contributed by atoms with Crippen molar-refractivity contribution in [2.24, 2.45) is 0 Å². The zero-order valence-electron chi connectivity index (χ0n) is 20.4. The van der Waals surface area contributed by atoms with Crippen molar-refractivity contribution in [3.8, 4) is 11.1 Å². The molecule has 1 fully saturated rings. The van der Waals surface area contributed by atoms with Crippen molar-refractivity contribution in [3.05, 3.63) is 106 Å².